The van der Waals surface area contributed by atoms with Crippen LogP contribution in [0, 0.1) is 5.92 Å². The molecular weight excluding hydrogens is 494 g/mol. The van der Waals surface area contributed by atoms with Gasteiger partial charge in [0.05, 0.1) is 32.0 Å². The van der Waals surface area contributed by atoms with E-state index < -0.39 is 0 Å². The number of esters is 2. The van der Waals surface area contributed by atoms with Crippen molar-refractivity contribution in [2.45, 2.75) is 46.0 Å². The SMILES string of the molecule is CCOC(=O)CCCCC(/C=C/c1ccccc1OCCN1CCOCC1)Cc1ccc(C(=O)OCC)cc1. The molecule has 0 spiro atoms. The molecule has 3 rings (SSSR count). The number of morpholine rings is 1. The molecule has 39 heavy (non-hydrogen) atoms. The molecule has 1 aliphatic rings. The summed E-state index contributed by atoms with van der Waals surface area (Å²) in [6.07, 6.45) is 8.33. The molecule has 1 fully saturated rings. The smallest absolute Gasteiger partial charge is 0.338 e. The largest absolute Gasteiger partial charge is 0.492 e. The molecule has 7 nitrogen and oxygen atoms in total. The van der Waals surface area contributed by atoms with Gasteiger partial charge in [0.25, 0.3) is 0 Å². The number of hydrogen-bond acceptors (Lipinski definition) is 7. The molecule has 2 aromatic rings. The van der Waals surface area contributed by atoms with Crippen LogP contribution in [0.5, 0.6) is 5.75 Å². The first-order valence-electron chi connectivity index (χ1n) is 14.2. The monoisotopic (exact) mass is 537 g/mol. The molecule has 1 unspecified atom stereocenters. The number of ether oxygens (including phenoxy) is 4. The Morgan fingerprint density at radius 1 is 0.974 bits per heavy atom. The molecule has 1 atom stereocenters. The van der Waals surface area contributed by atoms with Crippen LogP contribution >= 0.6 is 0 Å². The van der Waals surface area contributed by atoms with Crippen LogP contribution in [0.2, 0.25) is 0 Å². The van der Waals surface area contributed by atoms with Crippen molar-refractivity contribution in [3.8, 4) is 5.75 Å². The fourth-order valence-corrected chi connectivity index (χ4v) is 4.57. The van der Waals surface area contributed by atoms with Gasteiger partial charge in [-0.05, 0) is 62.8 Å². The lowest BCUT2D eigenvalue weighted by atomic mass is 9.92. The van der Waals surface area contributed by atoms with E-state index in [1.165, 1.54) is 0 Å². The minimum absolute atomic E-state index is 0.137. The zero-order valence-corrected chi connectivity index (χ0v) is 23.4. The summed E-state index contributed by atoms with van der Waals surface area (Å²) in [4.78, 5) is 26.1. The Kier molecular flexibility index (Phi) is 13.6. The van der Waals surface area contributed by atoms with Gasteiger partial charge in [0.2, 0.25) is 0 Å². The number of hydrogen-bond donors (Lipinski definition) is 0. The third-order valence-corrected chi connectivity index (χ3v) is 6.71. The van der Waals surface area contributed by atoms with E-state index in [0.717, 1.165) is 75.4 Å². The van der Waals surface area contributed by atoms with Gasteiger partial charge in [0.1, 0.15) is 12.4 Å². The van der Waals surface area contributed by atoms with Gasteiger partial charge in [-0.1, -0.05) is 48.9 Å². The summed E-state index contributed by atoms with van der Waals surface area (Å²) in [7, 11) is 0. The quantitative estimate of drug-likeness (QED) is 0.205. The molecule has 2 aromatic carbocycles. The highest BCUT2D eigenvalue weighted by molar-refractivity contribution is 5.89. The van der Waals surface area contributed by atoms with Gasteiger partial charge in [-0.15, -0.1) is 0 Å². The molecule has 0 amide bonds. The Hall–Kier alpha value is -3.16. The van der Waals surface area contributed by atoms with Gasteiger partial charge in [0.15, 0.2) is 0 Å². The van der Waals surface area contributed by atoms with E-state index in [1.54, 1.807) is 6.92 Å². The fraction of sp³-hybridized carbons (Fsp3) is 0.500. The van der Waals surface area contributed by atoms with Crippen molar-refractivity contribution in [1.82, 2.24) is 4.90 Å². The number of carbonyl (C=O) groups is 2. The van der Waals surface area contributed by atoms with Crippen LogP contribution in [0.3, 0.4) is 0 Å². The van der Waals surface area contributed by atoms with Crippen molar-refractivity contribution in [1.29, 1.82) is 0 Å². The highest BCUT2D eigenvalue weighted by atomic mass is 16.5. The summed E-state index contributed by atoms with van der Waals surface area (Å²) in [5.74, 6) is 0.705. The van der Waals surface area contributed by atoms with E-state index in [9.17, 15) is 9.59 Å². The Labute approximate surface area is 233 Å². The first kappa shape index (κ1) is 30.4. The highest BCUT2D eigenvalue weighted by Gasteiger charge is 2.12. The Morgan fingerprint density at radius 3 is 2.46 bits per heavy atom. The van der Waals surface area contributed by atoms with Crippen molar-refractivity contribution in [3.05, 3.63) is 71.3 Å². The summed E-state index contributed by atoms with van der Waals surface area (Å²) < 4.78 is 21.8. The molecule has 0 N–H and O–H groups in total. The average Bonchev–Trinajstić information content (AvgIpc) is 2.95. The topological polar surface area (TPSA) is 74.3 Å². The maximum Gasteiger partial charge on any atom is 0.338 e. The zero-order valence-electron chi connectivity index (χ0n) is 23.4. The van der Waals surface area contributed by atoms with Crippen LogP contribution in [-0.2, 0) is 25.4 Å². The van der Waals surface area contributed by atoms with E-state index in [1.807, 2.05) is 49.4 Å². The molecule has 212 valence electrons. The zero-order chi connectivity index (χ0) is 27.7. The number of benzene rings is 2. The minimum atomic E-state index is -0.301. The van der Waals surface area contributed by atoms with E-state index in [0.29, 0.717) is 31.8 Å². The van der Waals surface area contributed by atoms with Crippen molar-refractivity contribution < 1.29 is 28.5 Å². The summed E-state index contributed by atoms with van der Waals surface area (Å²) in [5.41, 5.74) is 2.76. The van der Waals surface area contributed by atoms with Crippen LogP contribution in [-0.4, -0.2) is 69.5 Å². The van der Waals surface area contributed by atoms with Crippen LogP contribution in [0.4, 0.5) is 0 Å². The number of rotatable bonds is 16. The number of unbranched alkanes of at least 4 members (excludes halogenated alkanes) is 1. The standard InChI is InChI=1S/C32H43NO6/c1-3-37-31(34)12-8-5-9-26(25-27-14-17-29(18-15-27)32(35)38-4-2)13-16-28-10-6-7-11-30(28)39-24-21-33-19-22-36-23-20-33/h6-7,10-11,13-18,26H,3-5,8-9,12,19-25H2,1-2H3/b16-13+. The second-order valence-corrected chi connectivity index (χ2v) is 9.63. The minimum Gasteiger partial charge on any atom is -0.492 e. The third-order valence-electron chi connectivity index (χ3n) is 6.71. The molecule has 0 aromatic heterocycles. The highest BCUT2D eigenvalue weighted by Crippen LogP contribution is 2.24. The van der Waals surface area contributed by atoms with Gasteiger partial charge in [0, 0.05) is 31.6 Å². The molecule has 0 bridgehead atoms. The van der Waals surface area contributed by atoms with Crippen molar-refractivity contribution in [2.24, 2.45) is 5.92 Å². The molecule has 7 heteroatoms. The first-order chi connectivity index (χ1) is 19.1. The van der Waals surface area contributed by atoms with Gasteiger partial charge in [-0.3, -0.25) is 9.69 Å². The Balaban J connectivity index is 1.63. The maximum absolute atomic E-state index is 12.0. The summed E-state index contributed by atoms with van der Waals surface area (Å²) in [5, 5.41) is 0. The predicted octanol–water partition coefficient (Wildman–Crippen LogP) is 5.57. The van der Waals surface area contributed by atoms with Gasteiger partial charge in [-0.2, -0.15) is 0 Å². The molecule has 0 saturated carbocycles. The van der Waals surface area contributed by atoms with Crippen molar-refractivity contribution >= 4 is 18.0 Å². The normalized spacial score (nSPS) is 14.7. The number of carbonyl (C=O) groups excluding carboxylic acids is 2. The predicted molar refractivity (Wildman–Crippen MR) is 153 cm³/mol. The van der Waals surface area contributed by atoms with Gasteiger partial charge >= 0.3 is 11.9 Å². The second-order valence-electron chi connectivity index (χ2n) is 9.63. The van der Waals surface area contributed by atoms with Crippen molar-refractivity contribution in [3.63, 3.8) is 0 Å². The molecule has 0 radical (unpaired) electrons. The van der Waals surface area contributed by atoms with Gasteiger partial charge < -0.3 is 18.9 Å². The average molecular weight is 538 g/mol. The van der Waals surface area contributed by atoms with Crippen LogP contribution < -0.4 is 4.74 Å². The third kappa shape index (κ3) is 11.2. The lowest BCUT2D eigenvalue weighted by Gasteiger charge is -2.26. The van der Waals surface area contributed by atoms with Gasteiger partial charge in [-0.25, -0.2) is 4.79 Å². The first-order valence-corrected chi connectivity index (χ1v) is 14.2. The second kappa shape index (κ2) is 17.4. The van der Waals surface area contributed by atoms with E-state index in [-0.39, 0.29) is 17.9 Å². The lowest BCUT2D eigenvalue weighted by Crippen LogP contribution is -2.38. The summed E-state index contributed by atoms with van der Waals surface area (Å²) in [6.45, 7) is 9.39. The Bertz CT molecular complexity index is 1030. The fourth-order valence-electron chi connectivity index (χ4n) is 4.57. The summed E-state index contributed by atoms with van der Waals surface area (Å²) >= 11 is 0. The molecule has 1 heterocycles. The summed E-state index contributed by atoms with van der Waals surface area (Å²) in [6, 6.07) is 15.8. The van der Waals surface area contributed by atoms with E-state index in [4.69, 9.17) is 18.9 Å². The number of allylic oxidation sites excluding steroid dienone is 1. The number of para-hydroxylation sites is 1. The lowest BCUT2D eigenvalue weighted by molar-refractivity contribution is -0.143. The van der Waals surface area contributed by atoms with Crippen LogP contribution in [0.1, 0.15) is 61.0 Å². The Morgan fingerprint density at radius 2 is 1.72 bits per heavy atom. The van der Waals surface area contributed by atoms with Crippen molar-refractivity contribution in [2.75, 3.05) is 52.7 Å². The van der Waals surface area contributed by atoms with Crippen LogP contribution in [0.25, 0.3) is 6.08 Å². The number of nitrogens with zero attached hydrogens (tertiary/aromatic N) is 1. The van der Waals surface area contributed by atoms with E-state index >= 15 is 0 Å². The molecule has 0 aliphatic carbocycles. The molecular formula is C32H43NO6. The molecule has 1 aliphatic heterocycles. The molecule has 1 saturated heterocycles. The van der Waals surface area contributed by atoms with E-state index in [2.05, 4.69) is 23.1 Å². The van der Waals surface area contributed by atoms with Crippen LogP contribution in [0.15, 0.2) is 54.6 Å². The maximum atomic E-state index is 12.0.